The van der Waals surface area contributed by atoms with Gasteiger partial charge in [-0.05, 0) is 30.7 Å². The highest BCUT2D eigenvalue weighted by Gasteiger charge is 2.31. The molecule has 0 spiro atoms. The number of nitrogens with two attached hydrogens (primary N) is 3. The second kappa shape index (κ2) is 16.6. The van der Waals surface area contributed by atoms with Crippen LogP contribution in [0.3, 0.4) is 0 Å². The van der Waals surface area contributed by atoms with E-state index < -0.39 is 60.2 Å². The van der Waals surface area contributed by atoms with Crippen molar-refractivity contribution in [3.05, 3.63) is 35.9 Å². The average Bonchev–Trinajstić information content (AvgIpc) is 2.84. The largest absolute Gasteiger partial charge is 0.481 e. The number of amides is 3. The van der Waals surface area contributed by atoms with Crippen LogP contribution in [0.25, 0.3) is 0 Å². The number of carbonyl (C=O) groups is 5. The van der Waals surface area contributed by atoms with Crippen LogP contribution in [0.15, 0.2) is 35.3 Å². The first-order valence-electron chi connectivity index (χ1n) is 12.5. The Morgan fingerprint density at radius 3 is 1.97 bits per heavy atom. The van der Waals surface area contributed by atoms with Crippen LogP contribution >= 0.6 is 0 Å². The van der Waals surface area contributed by atoms with E-state index in [-0.39, 0.29) is 44.1 Å². The Labute approximate surface area is 226 Å². The number of hydrogen-bond donors (Lipinski definition) is 8. The molecule has 4 unspecified atom stereocenters. The summed E-state index contributed by atoms with van der Waals surface area (Å²) in [5, 5.41) is 26.1. The van der Waals surface area contributed by atoms with Gasteiger partial charge in [0, 0.05) is 13.0 Å². The number of carboxylic acids is 2. The van der Waals surface area contributed by atoms with Crippen LogP contribution in [-0.4, -0.2) is 76.5 Å². The number of guanidine groups is 1. The second-order valence-electron chi connectivity index (χ2n) is 9.49. The molecule has 0 bridgehead atoms. The molecular formula is C25H39N7O7. The Balaban J connectivity index is 3.05. The number of nitrogens with zero attached hydrogens (tertiary/aromatic N) is 1. The fraction of sp³-hybridized carbons (Fsp3) is 0.520. The summed E-state index contributed by atoms with van der Waals surface area (Å²) in [4.78, 5) is 65.3. The summed E-state index contributed by atoms with van der Waals surface area (Å²) in [7, 11) is 0. The number of carboxylic acid groups (broad SMARTS) is 2. The predicted molar refractivity (Wildman–Crippen MR) is 143 cm³/mol. The lowest BCUT2D eigenvalue weighted by atomic mass is 10.0. The van der Waals surface area contributed by atoms with Crippen LogP contribution in [0.5, 0.6) is 0 Å². The van der Waals surface area contributed by atoms with Gasteiger partial charge in [-0.2, -0.15) is 0 Å². The lowest BCUT2D eigenvalue weighted by Gasteiger charge is -2.26. The van der Waals surface area contributed by atoms with Crippen LogP contribution in [0.4, 0.5) is 0 Å². The van der Waals surface area contributed by atoms with Gasteiger partial charge in [0.15, 0.2) is 5.96 Å². The Morgan fingerprint density at radius 2 is 1.44 bits per heavy atom. The lowest BCUT2D eigenvalue weighted by Crippen LogP contribution is -2.57. The Kier molecular flexibility index (Phi) is 14.0. The fourth-order valence-corrected chi connectivity index (χ4v) is 3.63. The molecule has 1 aromatic carbocycles. The normalized spacial score (nSPS) is 13.8. The Hall–Kier alpha value is -4.20. The van der Waals surface area contributed by atoms with Gasteiger partial charge in [-0.3, -0.25) is 24.2 Å². The second-order valence-corrected chi connectivity index (χ2v) is 9.49. The van der Waals surface area contributed by atoms with Crippen molar-refractivity contribution in [3.63, 3.8) is 0 Å². The van der Waals surface area contributed by atoms with Crippen molar-refractivity contribution in [2.24, 2.45) is 28.1 Å². The van der Waals surface area contributed by atoms with E-state index in [1.54, 1.807) is 30.3 Å². The van der Waals surface area contributed by atoms with Gasteiger partial charge in [-0.15, -0.1) is 0 Å². The number of aliphatic carboxylic acids is 2. The third kappa shape index (κ3) is 13.2. The van der Waals surface area contributed by atoms with E-state index in [4.69, 9.17) is 22.3 Å². The minimum atomic E-state index is -1.40. The highest BCUT2D eigenvalue weighted by Crippen LogP contribution is 2.09. The van der Waals surface area contributed by atoms with Crippen LogP contribution < -0.4 is 33.2 Å². The van der Waals surface area contributed by atoms with Crippen LogP contribution in [-0.2, 0) is 30.4 Å². The van der Waals surface area contributed by atoms with E-state index in [0.717, 1.165) is 0 Å². The number of carbonyl (C=O) groups excluding carboxylic acids is 3. The van der Waals surface area contributed by atoms with E-state index in [1.807, 2.05) is 13.8 Å². The maximum atomic E-state index is 13.2. The summed E-state index contributed by atoms with van der Waals surface area (Å²) in [5.41, 5.74) is 17.0. The molecule has 0 aliphatic carbocycles. The average molecular weight is 550 g/mol. The topological polar surface area (TPSA) is 252 Å². The predicted octanol–water partition coefficient (Wildman–Crippen LogP) is -1.33. The molecule has 0 aromatic heterocycles. The monoisotopic (exact) mass is 549 g/mol. The van der Waals surface area contributed by atoms with Gasteiger partial charge in [-0.25, -0.2) is 4.79 Å². The molecule has 0 heterocycles. The zero-order valence-electron chi connectivity index (χ0n) is 22.1. The van der Waals surface area contributed by atoms with Gasteiger partial charge in [0.25, 0.3) is 0 Å². The fourth-order valence-electron chi connectivity index (χ4n) is 3.63. The van der Waals surface area contributed by atoms with Crippen LogP contribution in [0, 0.1) is 5.92 Å². The first-order chi connectivity index (χ1) is 18.3. The van der Waals surface area contributed by atoms with Gasteiger partial charge in [0.1, 0.15) is 18.1 Å². The van der Waals surface area contributed by atoms with E-state index in [0.29, 0.717) is 5.56 Å². The molecular weight excluding hydrogens is 510 g/mol. The van der Waals surface area contributed by atoms with Gasteiger partial charge in [0.05, 0.1) is 12.5 Å². The van der Waals surface area contributed by atoms with Gasteiger partial charge in [-0.1, -0.05) is 44.2 Å². The standard InChI is InChI=1S/C25H39N7O7/c1-14(2)11-18(23(37)32-19(24(38)39)12-15-7-4-3-5-8-15)31-22(36)17(9-6-10-29-25(27)28)30-21(35)16(26)13-20(33)34/h3-5,7-8,14,16-19H,6,9-13,26H2,1-2H3,(H,30,35)(H,31,36)(H,32,37)(H,33,34)(H,38,39)(H4,27,28,29). The number of rotatable bonds is 17. The molecule has 3 amide bonds. The van der Waals surface area contributed by atoms with E-state index >= 15 is 0 Å². The summed E-state index contributed by atoms with van der Waals surface area (Å²) < 4.78 is 0. The molecule has 1 rings (SSSR count). The Morgan fingerprint density at radius 1 is 0.872 bits per heavy atom. The molecule has 1 aromatic rings. The highest BCUT2D eigenvalue weighted by atomic mass is 16.4. The molecule has 4 atom stereocenters. The molecule has 0 radical (unpaired) electrons. The molecule has 39 heavy (non-hydrogen) atoms. The molecule has 0 fully saturated rings. The van der Waals surface area contributed by atoms with E-state index in [2.05, 4.69) is 20.9 Å². The quantitative estimate of drug-likeness (QED) is 0.0645. The minimum Gasteiger partial charge on any atom is -0.481 e. The molecule has 0 aliphatic heterocycles. The van der Waals surface area contributed by atoms with Crippen molar-refractivity contribution in [2.45, 2.75) is 70.1 Å². The van der Waals surface area contributed by atoms with Crippen molar-refractivity contribution < 1.29 is 34.2 Å². The highest BCUT2D eigenvalue weighted by molar-refractivity contribution is 5.94. The maximum absolute atomic E-state index is 13.2. The first-order valence-corrected chi connectivity index (χ1v) is 12.5. The van der Waals surface area contributed by atoms with E-state index in [1.165, 1.54) is 0 Å². The third-order valence-corrected chi connectivity index (χ3v) is 5.55. The zero-order valence-corrected chi connectivity index (χ0v) is 22.1. The number of nitrogens with one attached hydrogen (secondary N) is 3. The Bertz CT molecular complexity index is 1010. The summed E-state index contributed by atoms with van der Waals surface area (Å²) in [6, 6.07) is 3.82. The van der Waals surface area contributed by atoms with Crippen molar-refractivity contribution in [3.8, 4) is 0 Å². The number of benzene rings is 1. The summed E-state index contributed by atoms with van der Waals surface area (Å²) in [6.45, 7) is 3.80. The molecule has 14 nitrogen and oxygen atoms in total. The van der Waals surface area contributed by atoms with Gasteiger partial charge >= 0.3 is 11.9 Å². The SMILES string of the molecule is CC(C)CC(NC(=O)C(CCCN=C(N)N)NC(=O)C(N)CC(=O)O)C(=O)NC(Cc1ccccc1)C(=O)O. The van der Waals surface area contributed by atoms with Crippen molar-refractivity contribution in [1.29, 1.82) is 0 Å². The van der Waals surface area contributed by atoms with E-state index in [9.17, 15) is 29.1 Å². The summed E-state index contributed by atoms with van der Waals surface area (Å²) in [5.74, 6) is -5.03. The molecule has 11 N–H and O–H groups in total. The van der Waals surface area contributed by atoms with Crippen molar-refractivity contribution >= 4 is 35.6 Å². The molecule has 0 aliphatic rings. The smallest absolute Gasteiger partial charge is 0.326 e. The number of aliphatic imine (C=N–C) groups is 1. The summed E-state index contributed by atoms with van der Waals surface area (Å²) >= 11 is 0. The van der Waals surface area contributed by atoms with Gasteiger partial charge in [0.2, 0.25) is 17.7 Å². The van der Waals surface area contributed by atoms with Crippen molar-refractivity contribution in [2.75, 3.05) is 6.54 Å². The molecule has 216 valence electrons. The third-order valence-electron chi connectivity index (χ3n) is 5.55. The van der Waals surface area contributed by atoms with Crippen molar-refractivity contribution in [1.82, 2.24) is 16.0 Å². The minimum absolute atomic E-state index is 0.0369. The summed E-state index contributed by atoms with van der Waals surface area (Å²) in [6.07, 6.45) is -0.109. The first kappa shape index (κ1) is 32.8. The maximum Gasteiger partial charge on any atom is 0.326 e. The molecule has 14 heteroatoms. The van der Waals surface area contributed by atoms with Crippen LogP contribution in [0.2, 0.25) is 0 Å². The van der Waals surface area contributed by atoms with Gasteiger partial charge < -0.3 is 43.4 Å². The zero-order chi connectivity index (χ0) is 29.5. The van der Waals surface area contributed by atoms with Crippen LogP contribution in [0.1, 0.15) is 45.1 Å². The molecule has 0 saturated heterocycles. The molecule has 0 saturated carbocycles. The lowest BCUT2D eigenvalue weighted by molar-refractivity contribution is -0.142. The number of hydrogen-bond acceptors (Lipinski definition) is 7.